The minimum absolute atomic E-state index is 0.221. The summed E-state index contributed by atoms with van der Waals surface area (Å²) in [5, 5.41) is 5.75. The number of nitrogens with one attached hydrogen (secondary N) is 2. The largest absolute Gasteiger partial charge is 0.447 e. The van der Waals surface area contributed by atoms with Gasteiger partial charge in [0.25, 0.3) is 0 Å². The number of anilines is 2. The van der Waals surface area contributed by atoms with Crippen LogP contribution >= 0.6 is 0 Å². The monoisotopic (exact) mass is 484 g/mol. The van der Waals surface area contributed by atoms with Gasteiger partial charge in [0.15, 0.2) is 0 Å². The molecule has 2 saturated heterocycles. The summed E-state index contributed by atoms with van der Waals surface area (Å²) >= 11 is 0. The second-order valence-corrected chi connectivity index (χ2v) is 8.90. The Morgan fingerprint density at radius 1 is 0.944 bits per heavy atom. The number of benzene rings is 3. The van der Waals surface area contributed by atoms with Crippen LogP contribution in [0, 0.1) is 0 Å². The molecule has 2 N–H and O–H groups in total. The molecule has 36 heavy (non-hydrogen) atoms. The molecule has 8 heteroatoms. The van der Waals surface area contributed by atoms with Crippen molar-refractivity contribution < 1.29 is 19.1 Å². The first-order valence-electron chi connectivity index (χ1n) is 12.1. The van der Waals surface area contributed by atoms with Gasteiger partial charge >= 0.3 is 12.1 Å². The maximum absolute atomic E-state index is 12.6. The van der Waals surface area contributed by atoms with Gasteiger partial charge in [-0.2, -0.15) is 0 Å². The van der Waals surface area contributed by atoms with Gasteiger partial charge in [0, 0.05) is 37.4 Å². The Kier molecular flexibility index (Phi) is 6.84. The Labute approximate surface area is 209 Å². The third-order valence-corrected chi connectivity index (χ3v) is 6.44. The second-order valence-electron chi connectivity index (χ2n) is 8.90. The standard InChI is InChI=1S/C28H28N4O4/c33-26-9-4-14-31(26)19-20-10-12-21(13-11-20)25-8-2-1-5-22(25)18-29-27(34)30-23-6-3-7-24(17-23)32-15-16-36-28(32)35/h1-3,5-8,10-13,17H,4,9,14-16,18-19H2,(H2,29,30,34). The fourth-order valence-electron chi connectivity index (χ4n) is 4.57. The van der Waals surface area contributed by atoms with E-state index in [0.717, 1.165) is 35.2 Å². The molecule has 0 aromatic heterocycles. The summed E-state index contributed by atoms with van der Waals surface area (Å²) in [6.45, 7) is 2.67. The van der Waals surface area contributed by atoms with Gasteiger partial charge in [-0.1, -0.05) is 54.6 Å². The van der Waals surface area contributed by atoms with Crippen molar-refractivity contribution in [3.8, 4) is 11.1 Å². The number of nitrogens with zero attached hydrogens (tertiary/aromatic N) is 2. The molecule has 0 radical (unpaired) electrons. The average Bonchev–Trinajstić information content (AvgIpc) is 3.51. The number of cyclic esters (lactones) is 1. The molecule has 0 bridgehead atoms. The van der Waals surface area contributed by atoms with E-state index in [9.17, 15) is 14.4 Å². The Morgan fingerprint density at radius 2 is 1.78 bits per heavy atom. The van der Waals surface area contributed by atoms with E-state index in [4.69, 9.17) is 4.74 Å². The van der Waals surface area contributed by atoms with Crippen LogP contribution in [-0.4, -0.2) is 42.6 Å². The number of likely N-dealkylation sites (tertiary alicyclic amines) is 1. The lowest BCUT2D eigenvalue weighted by atomic mass is 9.98. The van der Waals surface area contributed by atoms with Crippen LogP contribution in [0.5, 0.6) is 0 Å². The summed E-state index contributed by atoms with van der Waals surface area (Å²) in [5.41, 5.74) is 5.45. The Bertz CT molecular complexity index is 1270. The summed E-state index contributed by atoms with van der Waals surface area (Å²) in [4.78, 5) is 39.8. The van der Waals surface area contributed by atoms with Gasteiger partial charge in [0.1, 0.15) is 6.61 Å². The molecule has 5 rings (SSSR count). The van der Waals surface area contributed by atoms with Gasteiger partial charge in [-0.15, -0.1) is 0 Å². The minimum atomic E-state index is -0.384. The number of urea groups is 1. The highest BCUT2D eigenvalue weighted by Gasteiger charge is 2.23. The van der Waals surface area contributed by atoms with Crippen molar-refractivity contribution in [2.75, 3.05) is 29.9 Å². The lowest BCUT2D eigenvalue weighted by Crippen LogP contribution is -2.28. The first-order valence-corrected chi connectivity index (χ1v) is 12.1. The van der Waals surface area contributed by atoms with Crippen LogP contribution in [0.25, 0.3) is 11.1 Å². The number of hydrogen-bond acceptors (Lipinski definition) is 4. The maximum atomic E-state index is 12.6. The van der Waals surface area contributed by atoms with Crippen molar-refractivity contribution >= 4 is 29.4 Å². The predicted octanol–water partition coefficient (Wildman–Crippen LogP) is 4.75. The van der Waals surface area contributed by atoms with Crippen LogP contribution < -0.4 is 15.5 Å². The molecule has 3 aromatic rings. The number of rotatable bonds is 7. The van der Waals surface area contributed by atoms with Crippen molar-refractivity contribution in [2.45, 2.75) is 25.9 Å². The predicted molar refractivity (Wildman–Crippen MR) is 138 cm³/mol. The normalized spacial score (nSPS) is 15.2. The SMILES string of the molecule is O=C(NCc1ccccc1-c1ccc(CN2CCCC2=O)cc1)Nc1cccc(N2CCOC2=O)c1. The van der Waals surface area contributed by atoms with Crippen molar-refractivity contribution in [1.29, 1.82) is 0 Å². The molecule has 0 atom stereocenters. The maximum Gasteiger partial charge on any atom is 0.414 e. The smallest absolute Gasteiger partial charge is 0.414 e. The van der Waals surface area contributed by atoms with Crippen LogP contribution in [0.3, 0.4) is 0 Å². The summed E-state index contributed by atoms with van der Waals surface area (Å²) in [7, 11) is 0. The molecule has 0 aliphatic carbocycles. The molecule has 0 spiro atoms. The fraction of sp³-hybridized carbons (Fsp3) is 0.250. The third kappa shape index (κ3) is 5.33. The van der Waals surface area contributed by atoms with Gasteiger partial charge in [-0.3, -0.25) is 9.69 Å². The van der Waals surface area contributed by atoms with Crippen LogP contribution in [0.2, 0.25) is 0 Å². The zero-order valence-corrected chi connectivity index (χ0v) is 19.9. The van der Waals surface area contributed by atoms with Crippen molar-refractivity contribution in [2.24, 2.45) is 0 Å². The highest BCUT2D eigenvalue weighted by Crippen LogP contribution is 2.26. The molecular formula is C28H28N4O4. The van der Waals surface area contributed by atoms with Crippen LogP contribution in [0.15, 0.2) is 72.8 Å². The molecule has 0 unspecified atom stereocenters. The second kappa shape index (κ2) is 10.5. The van der Waals surface area contributed by atoms with E-state index >= 15 is 0 Å². The number of amides is 4. The Hall–Kier alpha value is -4.33. The molecule has 2 aliphatic rings. The molecule has 2 heterocycles. The molecule has 2 fully saturated rings. The minimum Gasteiger partial charge on any atom is -0.447 e. The molecular weight excluding hydrogens is 456 g/mol. The molecule has 4 amide bonds. The highest BCUT2D eigenvalue weighted by molar-refractivity contribution is 5.93. The van der Waals surface area contributed by atoms with Gasteiger partial charge in [0.2, 0.25) is 5.91 Å². The number of hydrogen-bond donors (Lipinski definition) is 2. The quantitative estimate of drug-likeness (QED) is 0.506. The lowest BCUT2D eigenvalue weighted by molar-refractivity contribution is -0.128. The molecule has 0 saturated carbocycles. The highest BCUT2D eigenvalue weighted by atomic mass is 16.6. The van der Waals surface area contributed by atoms with E-state index in [-0.39, 0.29) is 18.0 Å². The summed E-state index contributed by atoms with van der Waals surface area (Å²) in [5.74, 6) is 0.221. The van der Waals surface area contributed by atoms with Gasteiger partial charge in [-0.25, -0.2) is 9.59 Å². The average molecular weight is 485 g/mol. The first kappa shape index (κ1) is 23.4. The zero-order valence-electron chi connectivity index (χ0n) is 19.9. The summed E-state index contributed by atoms with van der Waals surface area (Å²) in [6, 6.07) is 23.0. The number of ether oxygens (including phenoxy) is 1. The van der Waals surface area contributed by atoms with E-state index in [0.29, 0.717) is 44.0 Å². The Balaban J connectivity index is 1.21. The lowest BCUT2D eigenvalue weighted by Gasteiger charge is -2.16. The first-order chi connectivity index (χ1) is 17.6. The van der Waals surface area contributed by atoms with Crippen LogP contribution in [0.1, 0.15) is 24.0 Å². The zero-order chi connectivity index (χ0) is 24.9. The van der Waals surface area contributed by atoms with Gasteiger partial charge in [0.05, 0.1) is 6.54 Å². The molecule has 184 valence electrons. The number of carbonyl (C=O) groups excluding carboxylic acids is 3. The molecule has 3 aromatic carbocycles. The topological polar surface area (TPSA) is 91.0 Å². The van der Waals surface area contributed by atoms with Crippen LogP contribution in [0.4, 0.5) is 21.0 Å². The van der Waals surface area contributed by atoms with E-state index in [1.165, 1.54) is 4.90 Å². The van der Waals surface area contributed by atoms with E-state index in [2.05, 4.69) is 34.9 Å². The summed E-state index contributed by atoms with van der Waals surface area (Å²) < 4.78 is 4.99. The number of carbonyl (C=O) groups is 3. The van der Waals surface area contributed by atoms with Gasteiger partial charge < -0.3 is 20.3 Å². The summed E-state index contributed by atoms with van der Waals surface area (Å²) in [6.07, 6.45) is 1.19. The van der Waals surface area contributed by atoms with Gasteiger partial charge in [-0.05, 0) is 46.9 Å². The van der Waals surface area contributed by atoms with Crippen LogP contribution in [-0.2, 0) is 22.6 Å². The van der Waals surface area contributed by atoms with Crippen molar-refractivity contribution in [3.63, 3.8) is 0 Å². The van der Waals surface area contributed by atoms with E-state index in [1.807, 2.05) is 29.2 Å². The van der Waals surface area contributed by atoms with E-state index < -0.39 is 0 Å². The van der Waals surface area contributed by atoms with Crippen molar-refractivity contribution in [3.05, 3.63) is 83.9 Å². The molecule has 8 nitrogen and oxygen atoms in total. The van der Waals surface area contributed by atoms with Crippen molar-refractivity contribution in [1.82, 2.24) is 10.2 Å². The molecule has 2 aliphatic heterocycles. The van der Waals surface area contributed by atoms with E-state index in [1.54, 1.807) is 24.3 Å². The third-order valence-electron chi connectivity index (χ3n) is 6.44. The fourth-order valence-corrected chi connectivity index (χ4v) is 4.57. The Morgan fingerprint density at radius 3 is 2.53 bits per heavy atom.